The van der Waals surface area contributed by atoms with Crippen LogP contribution in [0.3, 0.4) is 0 Å². The second-order valence-corrected chi connectivity index (χ2v) is 10.5. The summed E-state index contributed by atoms with van der Waals surface area (Å²) < 4.78 is 0. The van der Waals surface area contributed by atoms with Crippen LogP contribution in [0.5, 0.6) is 0 Å². The van der Waals surface area contributed by atoms with E-state index >= 15 is 0 Å². The van der Waals surface area contributed by atoms with E-state index in [1.807, 2.05) is 13.8 Å². The van der Waals surface area contributed by atoms with Crippen molar-refractivity contribution in [3.05, 3.63) is 70.8 Å². The second kappa shape index (κ2) is 14.3. The van der Waals surface area contributed by atoms with Gasteiger partial charge in [0.15, 0.2) is 0 Å². The minimum absolute atomic E-state index is 0.116. The van der Waals surface area contributed by atoms with Crippen LogP contribution in [0.4, 0.5) is 0 Å². The molecule has 0 aliphatic rings. The fraction of sp³-hybridized carbons (Fsp3) is 0.500. The van der Waals surface area contributed by atoms with E-state index < -0.39 is 0 Å². The lowest BCUT2D eigenvalue weighted by Gasteiger charge is -2.19. The topological polar surface area (TPSA) is 34.1 Å². The minimum Gasteiger partial charge on any atom is -0.303 e. The van der Waals surface area contributed by atoms with E-state index in [1.165, 1.54) is 22.3 Å². The summed E-state index contributed by atoms with van der Waals surface area (Å²) in [7, 11) is 0. The summed E-state index contributed by atoms with van der Waals surface area (Å²) >= 11 is 3.43. The monoisotopic (exact) mass is 488 g/mol. The molecule has 0 fully saturated rings. The average molecular weight is 490 g/mol. The van der Waals surface area contributed by atoms with Crippen LogP contribution in [0.2, 0.25) is 0 Å². The Morgan fingerprint density at radius 3 is 1.39 bits per heavy atom. The van der Waals surface area contributed by atoms with E-state index in [4.69, 9.17) is 0 Å². The quantitative estimate of drug-likeness (QED) is 0.317. The van der Waals surface area contributed by atoms with Crippen LogP contribution in [0, 0.1) is 5.92 Å². The molecule has 0 saturated heterocycles. The summed E-state index contributed by atoms with van der Waals surface area (Å²) in [5.74, 6) is 0.116. The van der Waals surface area contributed by atoms with Crippen molar-refractivity contribution in [1.29, 1.82) is 0 Å². The first-order valence-electron chi connectivity index (χ1n) is 11.0. The lowest BCUT2D eigenvalue weighted by atomic mass is 9.86. The molecule has 2 rings (SSSR count). The zero-order chi connectivity index (χ0) is 24.1. The summed E-state index contributed by atoms with van der Waals surface area (Å²) in [6.45, 7) is 17.1. The molecule has 0 aliphatic carbocycles. The van der Waals surface area contributed by atoms with Crippen LogP contribution in [0.15, 0.2) is 48.5 Å². The van der Waals surface area contributed by atoms with Gasteiger partial charge in [0, 0.05) is 17.7 Å². The number of carbonyl (C=O) groups is 2. The Hall–Kier alpha value is -1.74. The Bertz CT molecular complexity index is 748. The van der Waals surface area contributed by atoms with E-state index in [1.54, 1.807) is 0 Å². The van der Waals surface area contributed by atoms with Crippen LogP contribution < -0.4 is 0 Å². The first-order valence-corrected chi connectivity index (χ1v) is 12.1. The van der Waals surface area contributed by atoms with Crippen molar-refractivity contribution in [1.82, 2.24) is 0 Å². The van der Waals surface area contributed by atoms with Crippen molar-refractivity contribution >= 4 is 28.5 Å². The van der Waals surface area contributed by atoms with E-state index in [0.717, 1.165) is 24.3 Å². The van der Waals surface area contributed by atoms with Crippen molar-refractivity contribution in [3.63, 3.8) is 0 Å². The number of aldehydes is 2. The van der Waals surface area contributed by atoms with Gasteiger partial charge in [-0.2, -0.15) is 0 Å². The van der Waals surface area contributed by atoms with Crippen molar-refractivity contribution in [2.75, 3.05) is 0 Å². The highest BCUT2D eigenvalue weighted by atomic mass is 79.9. The van der Waals surface area contributed by atoms with Gasteiger partial charge in [-0.25, -0.2) is 0 Å². The highest BCUT2D eigenvalue weighted by molar-refractivity contribution is 9.08. The molecule has 0 N–H and O–H groups in total. The molecular weight excluding hydrogens is 448 g/mol. The molecule has 0 radical (unpaired) electrons. The summed E-state index contributed by atoms with van der Waals surface area (Å²) in [6.07, 6.45) is 3.37. The van der Waals surface area contributed by atoms with Crippen molar-refractivity contribution in [3.8, 4) is 0 Å². The molecule has 0 amide bonds. The number of alkyl halides is 1. The maximum atomic E-state index is 10.5. The summed E-state index contributed by atoms with van der Waals surface area (Å²) in [5, 5.41) is 0.942. The van der Waals surface area contributed by atoms with Crippen molar-refractivity contribution < 1.29 is 9.59 Å². The normalized spacial score (nSPS) is 11.9. The second-order valence-electron chi connectivity index (χ2n) is 9.92. The maximum Gasteiger partial charge on any atom is 0.123 e. The predicted molar refractivity (Wildman–Crippen MR) is 138 cm³/mol. The molecule has 0 aliphatic heterocycles. The van der Waals surface area contributed by atoms with E-state index in [9.17, 15) is 9.59 Å². The molecule has 2 nitrogen and oxygen atoms in total. The molecule has 0 aromatic heterocycles. The van der Waals surface area contributed by atoms with Gasteiger partial charge < -0.3 is 9.59 Å². The van der Waals surface area contributed by atoms with Crippen molar-refractivity contribution in [2.24, 2.45) is 5.92 Å². The maximum absolute atomic E-state index is 10.5. The highest BCUT2D eigenvalue weighted by Gasteiger charge is 2.13. The van der Waals surface area contributed by atoms with Gasteiger partial charge in [0.05, 0.1) is 0 Å². The van der Waals surface area contributed by atoms with Gasteiger partial charge in [0.2, 0.25) is 0 Å². The first kappa shape index (κ1) is 29.3. The molecule has 1 atom stereocenters. The van der Waals surface area contributed by atoms with Crippen LogP contribution in [0.25, 0.3) is 0 Å². The third-order valence-corrected chi connectivity index (χ3v) is 5.40. The third-order valence-electron chi connectivity index (χ3n) is 4.75. The summed E-state index contributed by atoms with van der Waals surface area (Å²) in [6, 6.07) is 17.3. The van der Waals surface area contributed by atoms with Gasteiger partial charge in [-0.05, 0) is 39.5 Å². The van der Waals surface area contributed by atoms with Gasteiger partial charge in [0.25, 0.3) is 0 Å². The van der Waals surface area contributed by atoms with Crippen molar-refractivity contribution in [2.45, 2.75) is 84.4 Å². The van der Waals surface area contributed by atoms with Gasteiger partial charge >= 0.3 is 0 Å². The lowest BCUT2D eigenvalue weighted by molar-refractivity contribution is -0.110. The predicted octanol–water partition coefficient (Wildman–Crippen LogP) is 7.84. The van der Waals surface area contributed by atoms with Crippen LogP contribution in [0.1, 0.15) is 84.1 Å². The largest absolute Gasteiger partial charge is 0.303 e. The number of hydrogen-bond donors (Lipinski definition) is 0. The first-order chi connectivity index (χ1) is 14.4. The molecule has 0 spiro atoms. The van der Waals surface area contributed by atoms with E-state index in [-0.39, 0.29) is 16.7 Å². The molecule has 2 aromatic rings. The Kier molecular flexibility index (Phi) is 13.5. The number of benzene rings is 2. The van der Waals surface area contributed by atoms with Crippen LogP contribution >= 0.6 is 15.9 Å². The third kappa shape index (κ3) is 12.6. The molecule has 3 heteroatoms. The molecule has 1 unspecified atom stereocenters. The zero-order valence-corrected chi connectivity index (χ0v) is 22.3. The molecule has 0 saturated carbocycles. The van der Waals surface area contributed by atoms with Gasteiger partial charge in [-0.3, -0.25) is 0 Å². The number of halogens is 1. The molecule has 0 heterocycles. The fourth-order valence-corrected chi connectivity index (χ4v) is 3.03. The van der Waals surface area contributed by atoms with Gasteiger partial charge in [0.1, 0.15) is 12.6 Å². The SMILES string of the molecule is CC(C)(C)c1ccc(CBr)cc1.CC(C=O)Cc1ccc(C(C)(C)C)cc1.CCC=O. The smallest absolute Gasteiger partial charge is 0.123 e. The summed E-state index contributed by atoms with van der Waals surface area (Å²) in [4.78, 5) is 19.7. The summed E-state index contributed by atoms with van der Waals surface area (Å²) in [5.41, 5.74) is 5.78. The fourth-order valence-electron chi connectivity index (χ4n) is 2.65. The molecule has 31 heavy (non-hydrogen) atoms. The van der Waals surface area contributed by atoms with Crippen LogP contribution in [-0.2, 0) is 32.2 Å². The van der Waals surface area contributed by atoms with Gasteiger partial charge in [-0.1, -0.05) is 120 Å². The Balaban J connectivity index is 0.000000504. The van der Waals surface area contributed by atoms with Crippen LogP contribution in [-0.4, -0.2) is 12.6 Å². The molecular formula is C28H41BrO2. The molecule has 172 valence electrons. The number of carbonyl (C=O) groups excluding carboxylic acids is 2. The Morgan fingerprint density at radius 1 is 0.774 bits per heavy atom. The van der Waals surface area contributed by atoms with E-state index in [0.29, 0.717) is 6.42 Å². The highest BCUT2D eigenvalue weighted by Crippen LogP contribution is 2.23. The number of hydrogen-bond acceptors (Lipinski definition) is 2. The standard InChI is InChI=1S/C14H20O.C11H15Br.C3H6O/c1-11(10-15)9-12-5-7-13(8-6-12)14(2,3)4;1-11(2,3)10-6-4-9(8-12)5-7-10;1-2-3-4/h5-8,10-11H,9H2,1-4H3;4-7H,8H2,1-3H3;3H,2H2,1H3. The average Bonchev–Trinajstić information content (AvgIpc) is 2.73. The van der Waals surface area contributed by atoms with E-state index in [2.05, 4.69) is 106 Å². The molecule has 2 aromatic carbocycles. The Labute approximate surface area is 199 Å². The molecule has 0 bridgehead atoms. The van der Waals surface area contributed by atoms with Gasteiger partial charge in [-0.15, -0.1) is 0 Å². The lowest BCUT2D eigenvalue weighted by Crippen LogP contribution is -2.11. The Morgan fingerprint density at radius 2 is 1.13 bits per heavy atom. The number of rotatable bonds is 5. The zero-order valence-electron chi connectivity index (χ0n) is 20.7. The minimum atomic E-state index is 0.116.